The molecule has 2 aliphatic rings. The highest BCUT2D eigenvalue weighted by Gasteiger charge is 2.43. The van der Waals surface area contributed by atoms with Crippen LogP contribution >= 0.6 is 0 Å². The van der Waals surface area contributed by atoms with Crippen molar-refractivity contribution in [1.82, 2.24) is 20.7 Å². The molecule has 0 spiro atoms. The van der Waals surface area contributed by atoms with Gasteiger partial charge in [0.2, 0.25) is 5.91 Å². The van der Waals surface area contributed by atoms with Crippen LogP contribution in [0.3, 0.4) is 0 Å². The summed E-state index contributed by atoms with van der Waals surface area (Å²) < 4.78 is 5.46. The average molecular weight is 501 g/mol. The number of aromatic nitrogens is 1. The molecule has 2 atom stereocenters. The summed E-state index contributed by atoms with van der Waals surface area (Å²) in [6, 6.07) is 14.4. The number of benzene rings is 2. The number of rotatable bonds is 5. The van der Waals surface area contributed by atoms with Crippen LogP contribution in [-0.2, 0) is 24.3 Å². The molecule has 5 rings (SSSR count). The van der Waals surface area contributed by atoms with Crippen LogP contribution in [0.2, 0.25) is 0 Å². The van der Waals surface area contributed by atoms with Crippen molar-refractivity contribution in [3.63, 3.8) is 0 Å². The van der Waals surface area contributed by atoms with E-state index in [9.17, 15) is 9.59 Å². The quantitative estimate of drug-likeness (QED) is 0.501. The minimum Gasteiger partial charge on any atom is -0.361 e. The van der Waals surface area contributed by atoms with Crippen molar-refractivity contribution < 1.29 is 14.1 Å². The van der Waals surface area contributed by atoms with Gasteiger partial charge in [0.1, 0.15) is 5.76 Å². The van der Waals surface area contributed by atoms with E-state index in [2.05, 4.69) is 40.1 Å². The number of hydrogen-bond acceptors (Lipinski definition) is 4. The van der Waals surface area contributed by atoms with Gasteiger partial charge < -0.3 is 20.1 Å². The molecule has 1 aromatic heterocycles. The van der Waals surface area contributed by atoms with E-state index in [-0.39, 0.29) is 23.4 Å². The van der Waals surface area contributed by atoms with Gasteiger partial charge in [-0.15, -0.1) is 0 Å². The first-order chi connectivity index (χ1) is 17.6. The first-order valence-electron chi connectivity index (χ1n) is 13.1. The first-order valence-corrected chi connectivity index (χ1v) is 13.1. The van der Waals surface area contributed by atoms with E-state index in [1.807, 2.05) is 57.7 Å². The van der Waals surface area contributed by atoms with E-state index >= 15 is 0 Å². The molecular formula is C30H36N4O3. The summed E-state index contributed by atoms with van der Waals surface area (Å²) in [5.41, 5.74) is 7.24. The van der Waals surface area contributed by atoms with Crippen LogP contribution in [-0.4, -0.2) is 34.1 Å². The molecule has 1 aliphatic heterocycles. The number of aryl methyl sites for hydroxylation is 2. The Hall–Kier alpha value is -3.61. The number of hydrogen-bond donors (Lipinski definition) is 2. The van der Waals surface area contributed by atoms with Gasteiger partial charge in [0.25, 0.3) is 0 Å². The Morgan fingerprint density at radius 1 is 1.08 bits per heavy atom. The molecule has 194 valence electrons. The van der Waals surface area contributed by atoms with Gasteiger partial charge in [-0.05, 0) is 81.2 Å². The summed E-state index contributed by atoms with van der Waals surface area (Å²) >= 11 is 0. The molecular weight excluding hydrogens is 464 g/mol. The Kier molecular flexibility index (Phi) is 6.56. The van der Waals surface area contributed by atoms with E-state index < -0.39 is 0 Å². The molecule has 37 heavy (non-hydrogen) atoms. The normalized spacial score (nSPS) is 18.8. The lowest BCUT2D eigenvalue weighted by Gasteiger charge is -2.34. The summed E-state index contributed by atoms with van der Waals surface area (Å²) in [5.74, 6) is 1.20. The van der Waals surface area contributed by atoms with Crippen LogP contribution in [0.5, 0.6) is 0 Å². The average Bonchev–Trinajstić information content (AvgIpc) is 3.60. The SMILES string of the molecule is Cc1noc(C)c1-c1ccc(CNC(=O)[C@H]2C[C@@H]2c2ccccc2)c2c1CCN(C(=O)NC(C)(C)C)C2. The minimum absolute atomic E-state index is 0.0221. The van der Waals surface area contributed by atoms with Crippen molar-refractivity contribution in [2.45, 2.75) is 72.0 Å². The minimum atomic E-state index is -0.313. The lowest BCUT2D eigenvalue weighted by Crippen LogP contribution is -2.50. The lowest BCUT2D eigenvalue weighted by molar-refractivity contribution is -0.122. The van der Waals surface area contributed by atoms with E-state index in [1.54, 1.807) is 0 Å². The fourth-order valence-electron chi connectivity index (χ4n) is 5.45. The molecule has 7 heteroatoms. The summed E-state index contributed by atoms with van der Waals surface area (Å²) in [6.07, 6.45) is 1.62. The number of amides is 3. The highest BCUT2D eigenvalue weighted by atomic mass is 16.5. The van der Waals surface area contributed by atoms with E-state index in [1.165, 1.54) is 11.1 Å². The van der Waals surface area contributed by atoms with Crippen molar-refractivity contribution >= 4 is 11.9 Å². The molecule has 1 aliphatic carbocycles. The zero-order valence-electron chi connectivity index (χ0n) is 22.4. The molecule has 1 fully saturated rings. The molecule has 7 nitrogen and oxygen atoms in total. The first kappa shape index (κ1) is 25.1. The van der Waals surface area contributed by atoms with Crippen LogP contribution in [0, 0.1) is 19.8 Å². The van der Waals surface area contributed by atoms with Crippen molar-refractivity contribution in [2.75, 3.05) is 6.54 Å². The molecule has 0 bridgehead atoms. The predicted molar refractivity (Wildman–Crippen MR) is 143 cm³/mol. The number of urea groups is 1. The van der Waals surface area contributed by atoms with Crippen LogP contribution < -0.4 is 10.6 Å². The Labute approximate surface area is 218 Å². The Morgan fingerprint density at radius 3 is 2.51 bits per heavy atom. The second kappa shape index (κ2) is 9.69. The fraction of sp³-hybridized carbons (Fsp3) is 0.433. The van der Waals surface area contributed by atoms with Crippen LogP contribution in [0.1, 0.15) is 66.8 Å². The maximum atomic E-state index is 13.0. The van der Waals surface area contributed by atoms with Crippen molar-refractivity contribution in [2.24, 2.45) is 5.92 Å². The van der Waals surface area contributed by atoms with Crippen LogP contribution in [0.25, 0.3) is 11.1 Å². The summed E-state index contributed by atoms with van der Waals surface area (Å²) in [4.78, 5) is 27.9. The molecule has 0 saturated heterocycles. The van der Waals surface area contributed by atoms with E-state index in [0.29, 0.717) is 25.6 Å². The number of nitrogens with one attached hydrogen (secondary N) is 2. The zero-order valence-corrected chi connectivity index (χ0v) is 22.4. The molecule has 2 aromatic carbocycles. The Bertz CT molecular complexity index is 1300. The van der Waals surface area contributed by atoms with Gasteiger partial charge >= 0.3 is 6.03 Å². The highest BCUT2D eigenvalue weighted by Crippen LogP contribution is 2.47. The van der Waals surface area contributed by atoms with Gasteiger partial charge in [-0.2, -0.15) is 0 Å². The standard InChI is InChI=1S/C30H36N4O3/c1-18-27(19(2)37-33-18)23-12-11-21(16-31-28(35)25-15-24(25)20-9-7-6-8-10-20)26-17-34(14-13-22(23)26)29(36)32-30(3,4)5/h6-12,24-25H,13-17H2,1-5H3,(H,31,35)(H,32,36)/t24-,25+/m1/s1. The van der Waals surface area contributed by atoms with Crippen LogP contribution in [0.4, 0.5) is 4.79 Å². The Morgan fingerprint density at radius 2 is 1.84 bits per heavy atom. The molecule has 3 amide bonds. The van der Waals surface area contributed by atoms with Gasteiger partial charge in [-0.3, -0.25) is 4.79 Å². The number of carbonyl (C=O) groups is 2. The molecule has 0 radical (unpaired) electrons. The summed E-state index contributed by atoms with van der Waals surface area (Å²) in [5, 5.41) is 10.4. The molecule has 1 saturated carbocycles. The molecule has 2 N–H and O–H groups in total. The third kappa shape index (κ3) is 5.26. The maximum absolute atomic E-state index is 13.0. The summed E-state index contributed by atoms with van der Waals surface area (Å²) in [6.45, 7) is 11.4. The van der Waals surface area contributed by atoms with Gasteiger partial charge in [0.05, 0.1) is 5.69 Å². The molecule has 2 heterocycles. The Balaban J connectivity index is 1.39. The fourth-order valence-corrected chi connectivity index (χ4v) is 5.45. The van der Waals surface area contributed by atoms with Gasteiger partial charge in [0, 0.05) is 36.7 Å². The third-order valence-corrected chi connectivity index (χ3v) is 7.39. The lowest BCUT2D eigenvalue weighted by atomic mass is 9.87. The number of nitrogens with zero attached hydrogens (tertiary/aromatic N) is 2. The largest absolute Gasteiger partial charge is 0.361 e. The second-order valence-electron chi connectivity index (χ2n) is 11.4. The van der Waals surface area contributed by atoms with Gasteiger partial charge in [0.15, 0.2) is 0 Å². The number of carbonyl (C=O) groups excluding carboxylic acids is 2. The monoisotopic (exact) mass is 500 g/mol. The number of fused-ring (bicyclic) bond motifs is 1. The zero-order chi connectivity index (χ0) is 26.3. The van der Waals surface area contributed by atoms with Gasteiger partial charge in [-0.25, -0.2) is 4.79 Å². The second-order valence-corrected chi connectivity index (χ2v) is 11.4. The topological polar surface area (TPSA) is 87.5 Å². The van der Waals surface area contributed by atoms with Crippen LogP contribution in [0.15, 0.2) is 47.0 Å². The molecule has 3 aromatic rings. The highest BCUT2D eigenvalue weighted by molar-refractivity contribution is 5.83. The van der Waals surface area contributed by atoms with Gasteiger partial charge in [-0.1, -0.05) is 47.6 Å². The van der Waals surface area contributed by atoms with Crippen molar-refractivity contribution in [1.29, 1.82) is 0 Å². The van der Waals surface area contributed by atoms with Crippen molar-refractivity contribution in [3.8, 4) is 11.1 Å². The van der Waals surface area contributed by atoms with E-state index in [4.69, 9.17) is 4.52 Å². The van der Waals surface area contributed by atoms with E-state index in [0.717, 1.165) is 46.5 Å². The third-order valence-electron chi connectivity index (χ3n) is 7.39. The maximum Gasteiger partial charge on any atom is 0.318 e. The molecule has 0 unspecified atom stereocenters. The smallest absolute Gasteiger partial charge is 0.318 e. The summed E-state index contributed by atoms with van der Waals surface area (Å²) in [7, 11) is 0. The predicted octanol–water partition coefficient (Wildman–Crippen LogP) is 5.24. The van der Waals surface area contributed by atoms with Crippen molar-refractivity contribution in [3.05, 3.63) is 76.2 Å².